The monoisotopic (exact) mass is 266 g/mol. The number of hydrogen-bond acceptors (Lipinski definition) is 3. The van der Waals surface area contributed by atoms with Crippen LogP contribution in [0.2, 0.25) is 0 Å². The molecule has 3 nitrogen and oxygen atoms in total. The first kappa shape index (κ1) is 14.1. The zero-order valence-electron chi connectivity index (χ0n) is 11.7. The predicted molar refractivity (Wildman–Crippen MR) is 76.0 cm³/mol. The van der Waals surface area contributed by atoms with Crippen LogP contribution in [-0.4, -0.2) is 19.2 Å². The third kappa shape index (κ3) is 3.18. The number of benzene rings is 1. The van der Waals surface area contributed by atoms with Gasteiger partial charge >= 0.3 is 0 Å². The Morgan fingerprint density at radius 1 is 1.42 bits per heavy atom. The number of hydrogen-bond donors (Lipinski definition) is 2. The fourth-order valence-electron chi connectivity index (χ4n) is 2.71. The van der Waals surface area contributed by atoms with Crippen molar-refractivity contribution in [2.24, 2.45) is 11.7 Å². The first-order valence-corrected chi connectivity index (χ1v) is 6.90. The highest BCUT2D eigenvalue weighted by Crippen LogP contribution is 2.35. The number of anilines is 1. The summed E-state index contributed by atoms with van der Waals surface area (Å²) < 4.78 is 19.0. The zero-order valence-corrected chi connectivity index (χ0v) is 11.7. The molecule has 1 aromatic carbocycles. The second kappa shape index (κ2) is 5.78. The van der Waals surface area contributed by atoms with Crippen LogP contribution in [-0.2, 0) is 0 Å². The first-order valence-electron chi connectivity index (χ1n) is 6.90. The van der Waals surface area contributed by atoms with Gasteiger partial charge in [0, 0.05) is 18.2 Å². The maximum Gasteiger partial charge on any atom is 0.146 e. The van der Waals surface area contributed by atoms with Crippen LogP contribution in [0.3, 0.4) is 0 Å². The standard InChI is InChI=1S/C15H23FN2O/c1-11-5-7-15(10-17,8-6-11)18-14-9-12(19-2)3-4-13(14)16/h3-4,9,11,18H,5-8,10,17H2,1-2H3. The van der Waals surface area contributed by atoms with Crippen LogP contribution in [0, 0.1) is 11.7 Å². The van der Waals surface area contributed by atoms with E-state index in [4.69, 9.17) is 10.5 Å². The molecule has 0 aliphatic heterocycles. The number of rotatable bonds is 4. The van der Waals surface area contributed by atoms with Crippen LogP contribution < -0.4 is 15.8 Å². The Bertz CT molecular complexity index is 428. The molecule has 1 aliphatic rings. The summed E-state index contributed by atoms with van der Waals surface area (Å²) in [7, 11) is 1.58. The maximum atomic E-state index is 13.9. The molecule has 0 amide bonds. The van der Waals surface area contributed by atoms with Gasteiger partial charge in [-0.25, -0.2) is 4.39 Å². The molecule has 0 bridgehead atoms. The molecule has 0 unspecified atom stereocenters. The molecule has 106 valence electrons. The van der Waals surface area contributed by atoms with Gasteiger partial charge < -0.3 is 15.8 Å². The SMILES string of the molecule is COc1ccc(F)c(NC2(CN)CCC(C)CC2)c1. The van der Waals surface area contributed by atoms with E-state index >= 15 is 0 Å². The number of methoxy groups -OCH3 is 1. The smallest absolute Gasteiger partial charge is 0.146 e. The van der Waals surface area contributed by atoms with Crippen LogP contribution in [0.5, 0.6) is 5.75 Å². The fourth-order valence-corrected chi connectivity index (χ4v) is 2.71. The molecule has 3 N–H and O–H groups in total. The van der Waals surface area contributed by atoms with Crippen molar-refractivity contribution in [3.05, 3.63) is 24.0 Å². The number of halogens is 1. The van der Waals surface area contributed by atoms with Gasteiger partial charge in [-0.3, -0.25) is 0 Å². The van der Waals surface area contributed by atoms with Crippen molar-refractivity contribution in [2.75, 3.05) is 19.0 Å². The second-order valence-corrected chi connectivity index (χ2v) is 5.64. The van der Waals surface area contributed by atoms with Gasteiger partial charge in [0.25, 0.3) is 0 Å². The Hall–Kier alpha value is -1.29. The minimum atomic E-state index is -0.257. The normalized spacial score (nSPS) is 27.1. The highest BCUT2D eigenvalue weighted by atomic mass is 19.1. The molecule has 0 radical (unpaired) electrons. The molecule has 4 heteroatoms. The number of nitrogens with one attached hydrogen (secondary N) is 1. The zero-order chi connectivity index (χ0) is 13.9. The number of nitrogens with two attached hydrogens (primary N) is 1. The molecule has 1 fully saturated rings. The fraction of sp³-hybridized carbons (Fsp3) is 0.600. The highest BCUT2D eigenvalue weighted by molar-refractivity contribution is 5.51. The van der Waals surface area contributed by atoms with Gasteiger partial charge in [-0.15, -0.1) is 0 Å². The summed E-state index contributed by atoms with van der Waals surface area (Å²) in [6.45, 7) is 2.78. The van der Waals surface area contributed by atoms with Crippen LogP contribution in [0.15, 0.2) is 18.2 Å². The lowest BCUT2D eigenvalue weighted by atomic mass is 9.77. The molecule has 0 aromatic heterocycles. The van der Waals surface area contributed by atoms with Crippen LogP contribution in [0.25, 0.3) is 0 Å². The van der Waals surface area contributed by atoms with Crippen LogP contribution in [0.1, 0.15) is 32.6 Å². The summed E-state index contributed by atoms with van der Waals surface area (Å²) >= 11 is 0. The van der Waals surface area contributed by atoms with Crippen molar-refractivity contribution in [1.29, 1.82) is 0 Å². The van der Waals surface area contributed by atoms with E-state index in [-0.39, 0.29) is 11.4 Å². The topological polar surface area (TPSA) is 47.3 Å². The predicted octanol–water partition coefficient (Wildman–Crippen LogP) is 3.15. The Labute approximate surface area is 114 Å². The van der Waals surface area contributed by atoms with Crippen molar-refractivity contribution < 1.29 is 9.13 Å². The van der Waals surface area contributed by atoms with Crippen molar-refractivity contribution in [3.8, 4) is 5.75 Å². The Balaban J connectivity index is 2.18. The van der Waals surface area contributed by atoms with Crippen LogP contribution >= 0.6 is 0 Å². The summed E-state index contributed by atoms with van der Waals surface area (Å²) in [6.07, 6.45) is 4.24. The Morgan fingerprint density at radius 2 is 2.11 bits per heavy atom. The van der Waals surface area contributed by atoms with E-state index in [0.717, 1.165) is 31.6 Å². The lowest BCUT2D eigenvalue weighted by molar-refractivity contribution is 0.271. The van der Waals surface area contributed by atoms with E-state index in [9.17, 15) is 4.39 Å². The van der Waals surface area contributed by atoms with E-state index in [1.807, 2.05) is 0 Å². The van der Waals surface area contributed by atoms with E-state index in [1.54, 1.807) is 19.2 Å². The molecule has 2 rings (SSSR count). The van der Waals surface area contributed by atoms with E-state index in [0.29, 0.717) is 18.0 Å². The highest BCUT2D eigenvalue weighted by Gasteiger charge is 2.33. The van der Waals surface area contributed by atoms with Crippen molar-refractivity contribution in [1.82, 2.24) is 0 Å². The average molecular weight is 266 g/mol. The molecule has 1 aromatic rings. The molecule has 19 heavy (non-hydrogen) atoms. The lowest BCUT2D eigenvalue weighted by Crippen LogP contribution is -2.48. The van der Waals surface area contributed by atoms with Crippen molar-refractivity contribution in [2.45, 2.75) is 38.1 Å². The molecule has 0 atom stereocenters. The van der Waals surface area contributed by atoms with Gasteiger partial charge in [0.15, 0.2) is 0 Å². The lowest BCUT2D eigenvalue weighted by Gasteiger charge is -2.40. The summed E-state index contributed by atoms with van der Waals surface area (Å²) in [6, 6.07) is 4.75. The molecule has 0 spiro atoms. The van der Waals surface area contributed by atoms with Gasteiger partial charge in [-0.1, -0.05) is 6.92 Å². The van der Waals surface area contributed by atoms with Gasteiger partial charge in [-0.2, -0.15) is 0 Å². The molecular formula is C15H23FN2O. The quantitative estimate of drug-likeness (QED) is 0.880. The molecular weight excluding hydrogens is 243 g/mol. The third-order valence-electron chi connectivity index (χ3n) is 4.20. The minimum absolute atomic E-state index is 0.181. The average Bonchev–Trinajstić information content (AvgIpc) is 2.44. The van der Waals surface area contributed by atoms with E-state index < -0.39 is 0 Å². The molecule has 1 saturated carbocycles. The summed E-state index contributed by atoms with van der Waals surface area (Å²) in [4.78, 5) is 0. The Kier molecular flexibility index (Phi) is 4.30. The van der Waals surface area contributed by atoms with Gasteiger partial charge in [0.1, 0.15) is 11.6 Å². The minimum Gasteiger partial charge on any atom is -0.497 e. The Morgan fingerprint density at radius 3 is 2.68 bits per heavy atom. The van der Waals surface area contributed by atoms with Gasteiger partial charge in [0.05, 0.1) is 12.8 Å². The summed E-state index contributed by atoms with van der Waals surface area (Å²) in [5.74, 6) is 1.13. The summed E-state index contributed by atoms with van der Waals surface area (Å²) in [5.41, 5.74) is 6.24. The third-order valence-corrected chi connectivity index (χ3v) is 4.20. The van der Waals surface area contributed by atoms with E-state index in [2.05, 4.69) is 12.2 Å². The van der Waals surface area contributed by atoms with E-state index in [1.165, 1.54) is 6.07 Å². The maximum absolute atomic E-state index is 13.9. The first-order chi connectivity index (χ1) is 9.08. The second-order valence-electron chi connectivity index (χ2n) is 5.64. The van der Waals surface area contributed by atoms with Crippen LogP contribution in [0.4, 0.5) is 10.1 Å². The molecule has 0 saturated heterocycles. The molecule has 0 heterocycles. The van der Waals surface area contributed by atoms with Crippen molar-refractivity contribution in [3.63, 3.8) is 0 Å². The molecule has 1 aliphatic carbocycles. The van der Waals surface area contributed by atoms with Crippen molar-refractivity contribution >= 4 is 5.69 Å². The largest absolute Gasteiger partial charge is 0.497 e. The van der Waals surface area contributed by atoms with Gasteiger partial charge in [0.2, 0.25) is 0 Å². The summed E-state index contributed by atoms with van der Waals surface area (Å²) in [5, 5.41) is 3.33. The number of ether oxygens (including phenoxy) is 1. The van der Waals surface area contributed by atoms with Gasteiger partial charge in [-0.05, 0) is 43.7 Å².